The van der Waals surface area contributed by atoms with Gasteiger partial charge < -0.3 is 9.64 Å². The molecule has 128 valence electrons. The largest absolute Gasteiger partial charge is 0.443 e. The van der Waals surface area contributed by atoms with Gasteiger partial charge >= 0.3 is 0 Å². The monoisotopic (exact) mass is 363 g/mol. The molecule has 6 heteroatoms. The molecule has 2 aromatic rings. The number of aliphatic imine (C=N–C) groups is 1. The number of hydrogen-bond acceptors (Lipinski definition) is 4. The van der Waals surface area contributed by atoms with Gasteiger partial charge in [-0.2, -0.15) is 4.37 Å². The smallest absolute Gasteiger partial charge is 0.218 e. The molecule has 1 aromatic carbocycles. The first-order valence-corrected chi connectivity index (χ1v) is 9.39. The van der Waals surface area contributed by atoms with Crippen LogP contribution in [0.4, 0.5) is 5.69 Å². The standard InChI is InChI=1S/C18H22ClN3OS/c1-12-10-16(23-18-17(19)14(3)21-24-18)13(2)9-15(12)20-11-22-7-5-4-6-8-22/h9-11H,4-8H2,1-3H3/b20-11+. The van der Waals surface area contributed by atoms with Crippen molar-refractivity contribution in [2.24, 2.45) is 4.99 Å². The fourth-order valence-electron chi connectivity index (χ4n) is 2.70. The van der Waals surface area contributed by atoms with E-state index in [4.69, 9.17) is 16.3 Å². The minimum atomic E-state index is 0.587. The van der Waals surface area contributed by atoms with Gasteiger partial charge in [0.25, 0.3) is 0 Å². The van der Waals surface area contributed by atoms with Crippen molar-refractivity contribution < 1.29 is 4.74 Å². The Kier molecular flexibility index (Phi) is 5.41. The molecule has 1 aromatic heterocycles. The Bertz CT molecular complexity index is 751. The van der Waals surface area contributed by atoms with Crippen LogP contribution in [0.3, 0.4) is 0 Å². The number of likely N-dealkylation sites (tertiary alicyclic amines) is 1. The van der Waals surface area contributed by atoms with E-state index in [0.29, 0.717) is 10.1 Å². The summed E-state index contributed by atoms with van der Waals surface area (Å²) in [5, 5.41) is 1.23. The molecular weight excluding hydrogens is 342 g/mol. The topological polar surface area (TPSA) is 37.7 Å². The van der Waals surface area contributed by atoms with Crippen molar-refractivity contribution in [2.45, 2.75) is 40.0 Å². The third kappa shape index (κ3) is 3.90. The molecule has 1 fully saturated rings. The summed E-state index contributed by atoms with van der Waals surface area (Å²) in [7, 11) is 0. The first kappa shape index (κ1) is 17.2. The molecule has 3 rings (SSSR count). The quantitative estimate of drug-likeness (QED) is 0.519. The number of benzene rings is 1. The molecule has 2 heterocycles. The van der Waals surface area contributed by atoms with Crippen LogP contribution < -0.4 is 4.74 Å². The molecule has 0 atom stereocenters. The van der Waals surface area contributed by atoms with E-state index >= 15 is 0 Å². The summed E-state index contributed by atoms with van der Waals surface area (Å²) < 4.78 is 10.2. The highest BCUT2D eigenvalue weighted by molar-refractivity contribution is 7.08. The van der Waals surface area contributed by atoms with Crippen LogP contribution in [0.2, 0.25) is 5.02 Å². The van der Waals surface area contributed by atoms with E-state index in [0.717, 1.165) is 41.3 Å². The summed E-state index contributed by atoms with van der Waals surface area (Å²) in [5.74, 6) is 0.801. The zero-order valence-electron chi connectivity index (χ0n) is 14.3. The average Bonchev–Trinajstić information content (AvgIpc) is 2.89. The molecule has 0 unspecified atom stereocenters. The molecule has 0 saturated carbocycles. The molecule has 0 bridgehead atoms. The summed E-state index contributed by atoms with van der Waals surface area (Å²) in [5.41, 5.74) is 3.90. The Morgan fingerprint density at radius 3 is 2.58 bits per heavy atom. The number of aryl methyl sites for hydroxylation is 3. The fraction of sp³-hybridized carbons (Fsp3) is 0.444. The van der Waals surface area contributed by atoms with E-state index in [1.54, 1.807) is 0 Å². The van der Waals surface area contributed by atoms with Crippen molar-refractivity contribution in [3.05, 3.63) is 34.0 Å². The van der Waals surface area contributed by atoms with Gasteiger partial charge in [0.2, 0.25) is 5.06 Å². The van der Waals surface area contributed by atoms with Gasteiger partial charge in [-0.3, -0.25) is 0 Å². The van der Waals surface area contributed by atoms with E-state index in [1.165, 1.54) is 30.8 Å². The molecule has 24 heavy (non-hydrogen) atoms. The fourth-order valence-corrected chi connectivity index (χ4v) is 3.60. The summed E-state index contributed by atoms with van der Waals surface area (Å²) in [6, 6.07) is 4.08. The number of nitrogens with zero attached hydrogens (tertiary/aromatic N) is 3. The lowest BCUT2D eigenvalue weighted by atomic mass is 10.1. The minimum absolute atomic E-state index is 0.587. The van der Waals surface area contributed by atoms with Gasteiger partial charge in [-0.05, 0) is 63.3 Å². The maximum Gasteiger partial charge on any atom is 0.218 e. The highest BCUT2D eigenvalue weighted by Crippen LogP contribution is 2.38. The number of halogens is 1. The van der Waals surface area contributed by atoms with Gasteiger partial charge in [-0.25, -0.2) is 4.99 Å². The maximum absolute atomic E-state index is 6.21. The van der Waals surface area contributed by atoms with Crippen LogP contribution in [0.1, 0.15) is 36.1 Å². The third-order valence-electron chi connectivity index (χ3n) is 4.21. The van der Waals surface area contributed by atoms with E-state index in [1.807, 2.05) is 26.3 Å². The Labute approximate surface area is 152 Å². The Hall–Kier alpha value is -1.59. The summed E-state index contributed by atoms with van der Waals surface area (Å²) in [4.78, 5) is 6.96. The Morgan fingerprint density at radius 2 is 1.92 bits per heavy atom. The molecule has 0 amide bonds. The first-order valence-electron chi connectivity index (χ1n) is 8.23. The van der Waals surface area contributed by atoms with Gasteiger partial charge in [-0.1, -0.05) is 11.6 Å². The lowest BCUT2D eigenvalue weighted by molar-refractivity contribution is 0.351. The van der Waals surface area contributed by atoms with Crippen LogP contribution in [0.5, 0.6) is 10.8 Å². The Morgan fingerprint density at radius 1 is 1.17 bits per heavy atom. The van der Waals surface area contributed by atoms with Crippen molar-refractivity contribution >= 4 is 35.2 Å². The molecule has 4 nitrogen and oxygen atoms in total. The van der Waals surface area contributed by atoms with Crippen LogP contribution in [-0.2, 0) is 0 Å². The predicted molar refractivity (Wildman–Crippen MR) is 101 cm³/mol. The van der Waals surface area contributed by atoms with Crippen LogP contribution in [-0.4, -0.2) is 28.7 Å². The van der Waals surface area contributed by atoms with Gasteiger partial charge in [0.05, 0.1) is 17.7 Å². The van der Waals surface area contributed by atoms with E-state index in [9.17, 15) is 0 Å². The van der Waals surface area contributed by atoms with Gasteiger partial charge in [0.1, 0.15) is 10.8 Å². The summed E-state index contributed by atoms with van der Waals surface area (Å²) >= 11 is 7.49. The normalized spacial score (nSPS) is 15.2. The van der Waals surface area contributed by atoms with Crippen molar-refractivity contribution in [3.63, 3.8) is 0 Å². The van der Waals surface area contributed by atoms with Crippen LogP contribution in [0.15, 0.2) is 17.1 Å². The molecule has 1 saturated heterocycles. The Balaban J connectivity index is 1.78. The first-order chi connectivity index (χ1) is 11.5. The number of hydrogen-bond donors (Lipinski definition) is 0. The number of ether oxygens (including phenoxy) is 1. The molecule has 1 aliphatic heterocycles. The maximum atomic E-state index is 6.21. The second-order valence-corrected chi connectivity index (χ2v) is 7.33. The minimum Gasteiger partial charge on any atom is -0.443 e. The second-order valence-electron chi connectivity index (χ2n) is 6.22. The molecular formula is C18H22ClN3OS. The second kappa shape index (κ2) is 7.53. The van der Waals surface area contributed by atoms with E-state index < -0.39 is 0 Å². The van der Waals surface area contributed by atoms with Gasteiger partial charge in [-0.15, -0.1) is 0 Å². The van der Waals surface area contributed by atoms with Gasteiger partial charge in [0, 0.05) is 24.6 Å². The molecule has 0 N–H and O–H groups in total. The average molecular weight is 364 g/mol. The van der Waals surface area contributed by atoms with Crippen molar-refractivity contribution in [1.29, 1.82) is 0 Å². The van der Waals surface area contributed by atoms with Crippen LogP contribution in [0, 0.1) is 20.8 Å². The zero-order valence-corrected chi connectivity index (χ0v) is 15.9. The zero-order chi connectivity index (χ0) is 17.1. The molecule has 0 spiro atoms. The van der Waals surface area contributed by atoms with E-state index in [2.05, 4.69) is 27.3 Å². The van der Waals surface area contributed by atoms with E-state index in [-0.39, 0.29) is 0 Å². The van der Waals surface area contributed by atoms with Crippen molar-refractivity contribution in [3.8, 4) is 10.8 Å². The van der Waals surface area contributed by atoms with Crippen LogP contribution in [0.25, 0.3) is 0 Å². The summed E-state index contributed by atoms with van der Waals surface area (Å²) in [6.07, 6.45) is 5.82. The lowest BCUT2D eigenvalue weighted by Crippen LogP contribution is -2.28. The predicted octanol–water partition coefficient (Wildman–Crippen LogP) is 5.66. The number of aromatic nitrogens is 1. The molecule has 0 radical (unpaired) electrons. The highest BCUT2D eigenvalue weighted by atomic mass is 35.5. The third-order valence-corrected chi connectivity index (χ3v) is 5.58. The van der Waals surface area contributed by atoms with Crippen LogP contribution >= 0.6 is 23.1 Å². The lowest BCUT2D eigenvalue weighted by Gasteiger charge is -2.23. The SMILES string of the molecule is Cc1cc(Oc2snc(C)c2Cl)c(C)cc1/N=C/N1CCCCC1. The van der Waals surface area contributed by atoms with Crippen molar-refractivity contribution in [2.75, 3.05) is 13.1 Å². The highest BCUT2D eigenvalue weighted by Gasteiger charge is 2.13. The number of piperidine rings is 1. The summed E-state index contributed by atoms with van der Waals surface area (Å²) in [6.45, 7) is 8.16. The number of rotatable bonds is 4. The van der Waals surface area contributed by atoms with Crippen molar-refractivity contribution in [1.82, 2.24) is 9.27 Å². The molecule has 0 aliphatic carbocycles. The van der Waals surface area contributed by atoms with Gasteiger partial charge in [0.15, 0.2) is 0 Å². The molecule has 1 aliphatic rings.